The Hall–Kier alpha value is -0.910. The Labute approximate surface area is 99.6 Å². The first-order chi connectivity index (χ1) is 7.77. The summed E-state index contributed by atoms with van der Waals surface area (Å²) < 4.78 is 10.6. The highest BCUT2D eigenvalue weighted by Crippen LogP contribution is 2.05. The second-order valence-corrected chi connectivity index (χ2v) is 3.84. The Kier molecular flexibility index (Phi) is 6.07. The number of carbonyl (C=O) groups is 1. The maximum absolute atomic E-state index is 11.6. The van der Waals surface area contributed by atoms with E-state index in [0.717, 1.165) is 0 Å². The topological polar surface area (TPSA) is 47.6 Å². The van der Waals surface area contributed by atoms with E-state index in [0.29, 0.717) is 25.3 Å². The molecule has 1 amide bonds. The summed E-state index contributed by atoms with van der Waals surface area (Å²) in [6, 6.07) is 1.79. The molecule has 0 aliphatic rings. The summed E-state index contributed by atoms with van der Waals surface area (Å²) in [6.07, 6.45) is -0.363. The fraction of sp³-hybridized carbons (Fsp3) is 0.545. The SMILES string of the molecule is CCOC(CNC(=O)c1ccsc1)OCC. The molecule has 0 aliphatic heterocycles. The van der Waals surface area contributed by atoms with Crippen molar-refractivity contribution in [3.8, 4) is 0 Å². The number of rotatable bonds is 7. The van der Waals surface area contributed by atoms with Crippen molar-refractivity contribution in [1.82, 2.24) is 5.32 Å². The van der Waals surface area contributed by atoms with Gasteiger partial charge in [0.25, 0.3) is 5.91 Å². The number of nitrogens with one attached hydrogen (secondary N) is 1. The summed E-state index contributed by atoms with van der Waals surface area (Å²) in [7, 11) is 0. The number of hydrogen-bond donors (Lipinski definition) is 1. The van der Waals surface area contributed by atoms with Gasteiger partial charge in [0.2, 0.25) is 0 Å². The third kappa shape index (κ3) is 4.30. The molecule has 0 fully saturated rings. The number of carbonyl (C=O) groups excluding carboxylic acids is 1. The zero-order valence-electron chi connectivity index (χ0n) is 9.56. The quantitative estimate of drug-likeness (QED) is 0.744. The summed E-state index contributed by atoms with van der Waals surface area (Å²) in [5, 5.41) is 6.46. The average molecular weight is 243 g/mol. The monoisotopic (exact) mass is 243 g/mol. The Morgan fingerprint density at radius 3 is 2.62 bits per heavy atom. The van der Waals surface area contributed by atoms with Crippen molar-refractivity contribution in [3.05, 3.63) is 22.4 Å². The third-order valence-electron chi connectivity index (χ3n) is 1.92. The second-order valence-electron chi connectivity index (χ2n) is 3.06. The summed E-state index contributed by atoms with van der Waals surface area (Å²) in [4.78, 5) is 11.6. The van der Waals surface area contributed by atoms with Crippen molar-refractivity contribution < 1.29 is 14.3 Å². The van der Waals surface area contributed by atoms with Gasteiger partial charge in [-0.15, -0.1) is 0 Å². The largest absolute Gasteiger partial charge is 0.351 e. The van der Waals surface area contributed by atoms with E-state index in [1.54, 1.807) is 6.07 Å². The highest BCUT2D eigenvalue weighted by Gasteiger charge is 2.11. The maximum atomic E-state index is 11.6. The number of amides is 1. The molecule has 1 heterocycles. The minimum atomic E-state index is -0.363. The molecule has 4 nitrogen and oxygen atoms in total. The van der Waals surface area contributed by atoms with Crippen molar-refractivity contribution in [2.45, 2.75) is 20.1 Å². The fourth-order valence-electron chi connectivity index (χ4n) is 1.21. The standard InChI is InChI=1S/C11H17NO3S/c1-3-14-10(15-4-2)7-12-11(13)9-5-6-16-8-9/h5-6,8,10H,3-4,7H2,1-2H3,(H,12,13). The molecule has 5 heteroatoms. The van der Waals surface area contributed by atoms with Crippen LogP contribution in [-0.2, 0) is 9.47 Å². The van der Waals surface area contributed by atoms with Gasteiger partial charge in [0.15, 0.2) is 6.29 Å². The number of ether oxygens (including phenoxy) is 2. The van der Waals surface area contributed by atoms with Gasteiger partial charge in [-0.25, -0.2) is 0 Å². The molecular formula is C11H17NO3S. The first-order valence-electron chi connectivity index (χ1n) is 5.31. The Morgan fingerprint density at radius 2 is 2.12 bits per heavy atom. The molecular weight excluding hydrogens is 226 g/mol. The number of hydrogen-bond acceptors (Lipinski definition) is 4. The lowest BCUT2D eigenvalue weighted by Gasteiger charge is -2.17. The van der Waals surface area contributed by atoms with E-state index < -0.39 is 0 Å². The summed E-state index contributed by atoms with van der Waals surface area (Å²) in [5.74, 6) is -0.0920. The van der Waals surface area contributed by atoms with Crippen LogP contribution in [0.1, 0.15) is 24.2 Å². The van der Waals surface area contributed by atoms with Crippen LogP contribution in [0, 0.1) is 0 Å². The molecule has 0 unspecified atom stereocenters. The molecule has 0 radical (unpaired) electrons. The van der Waals surface area contributed by atoms with Crippen LogP contribution in [0.15, 0.2) is 16.8 Å². The second kappa shape index (κ2) is 7.38. The predicted octanol–water partition coefficient (Wildman–Crippen LogP) is 1.88. The van der Waals surface area contributed by atoms with Gasteiger partial charge >= 0.3 is 0 Å². The molecule has 0 aliphatic carbocycles. The lowest BCUT2D eigenvalue weighted by molar-refractivity contribution is -0.131. The van der Waals surface area contributed by atoms with Gasteiger partial charge in [0.05, 0.1) is 6.54 Å². The normalized spacial score (nSPS) is 10.7. The summed E-state index contributed by atoms with van der Waals surface area (Å²) >= 11 is 1.50. The van der Waals surface area contributed by atoms with Crippen molar-refractivity contribution in [2.75, 3.05) is 19.8 Å². The van der Waals surface area contributed by atoms with Crippen molar-refractivity contribution in [2.24, 2.45) is 0 Å². The van der Waals surface area contributed by atoms with E-state index in [2.05, 4.69) is 5.32 Å². The van der Waals surface area contributed by atoms with Crippen LogP contribution in [0.2, 0.25) is 0 Å². The van der Waals surface area contributed by atoms with Crippen LogP contribution < -0.4 is 5.32 Å². The molecule has 16 heavy (non-hydrogen) atoms. The first kappa shape index (κ1) is 13.2. The van der Waals surface area contributed by atoms with Crippen molar-refractivity contribution in [1.29, 1.82) is 0 Å². The van der Waals surface area contributed by atoms with Gasteiger partial charge in [-0.3, -0.25) is 4.79 Å². The van der Waals surface area contributed by atoms with Crippen LogP contribution in [0.25, 0.3) is 0 Å². The van der Waals surface area contributed by atoms with Gasteiger partial charge in [0, 0.05) is 24.2 Å². The van der Waals surface area contributed by atoms with Gasteiger partial charge in [-0.1, -0.05) is 0 Å². The van der Waals surface area contributed by atoms with Gasteiger partial charge in [-0.2, -0.15) is 11.3 Å². The van der Waals surface area contributed by atoms with E-state index >= 15 is 0 Å². The molecule has 0 saturated carbocycles. The molecule has 0 saturated heterocycles. The Morgan fingerprint density at radius 1 is 1.44 bits per heavy atom. The van der Waals surface area contributed by atoms with E-state index in [1.807, 2.05) is 24.6 Å². The molecule has 1 rings (SSSR count). The van der Waals surface area contributed by atoms with Crippen LogP contribution >= 0.6 is 11.3 Å². The summed E-state index contributed by atoms with van der Waals surface area (Å²) in [6.45, 7) is 5.30. The molecule has 1 aromatic rings. The lowest BCUT2D eigenvalue weighted by Crippen LogP contribution is -2.35. The molecule has 1 N–H and O–H groups in total. The predicted molar refractivity (Wildman–Crippen MR) is 63.7 cm³/mol. The van der Waals surface area contributed by atoms with Crippen LogP contribution in [-0.4, -0.2) is 32.0 Å². The molecule has 0 atom stereocenters. The first-order valence-corrected chi connectivity index (χ1v) is 6.25. The Bertz CT molecular complexity index is 294. The van der Waals surface area contributed by atoms with Crippen LogP contribution in [0.3, 0.4) is 0 Å². The van der Waals surface area contributed by atoms with Gasteiger partial charge < -0.3 is 14.8 Å². The highest BCUT2D eigenvalue weighted by atomic mass is 32.1. The molecule has 0 bridgehead atoms. The zero-order chi connectivity index (χ0) is 11.8. The lowest BCUT2D eigenvalue weighted by atomic mass is 10.3. The van der Waals surface area contributed by atoms with E-state index in [-0.39, 0.29) is 12.2 Å². The van der Waals surface area contributed by atoms with E-state index in [4.69, 9.17) is 9.47 Å². The minimum Gasteiger partial charge on any atom is -0.351 e. The minimum absolute atomic E-state index is 0.0920. The van der Waals surface area contributed by atoms with Gasteiger partial charge in [-0.05, 0) is 25.3 Å². The molecule has 1 aromatic heterocycles. The van der Waals surface area contributed by atoms with E-state index in [1.165, 1.54) is 11.3 Å². The third-order valence-corrected chi connectivity index (χ3v) is 2.60. The fourth-order valence-corrected chi connectivity index (χ4v) is 1.85. The van der Waals surface area contributed by atoms with Gasteiger partial charge in [0.1, 0.15) is 0 Å². The Balaban J connectivity index is 2.34. The molecule has 90 valence electrons. The zero-order valence-corrected chi connectivity index (χ0v) is 10.4. The maximum Gasteiger partial charge on any atom is 0.252 e. The molecule has 0 spiro atoms. The van der Waals surface area contributed by atoms with Crippen molar-refractivity contribution >= 4 is 17.2 Å². The molecule has 0 aromatic carbocycles. The van der Waals surface area contributed by atoms with Crippen molar-refractivity contribution in [3.63, 3.8) is 0 Å². The summed E-state index contributed by atoms with van der Waals surface area (Å²) in [5.41, 5.74) is 0.678. The number of thiophene rings is 1. The smallest absolute Gasteiger partial charge is 0.252 e. The average Bonchev–Trinajstić information content (AvgIpc) is 2.79. The van der Waals surface area contributed by atoms with E-state index in [9.17, 15) is 4.79 Å². The van der Waals surface area contributed by atoms with Crippen LogP contribution in [0.4, 0.5) is 0 Å². The highest BCUT2D eigenvalue weighted by molar-refractivity contribution is 7.08. The van der Waals surface area contributed by atoms with Crippen LogP contribution in [0.5, 0.6) is 0 Å².